The molecule has 0 aromatic heterocycles. The molecule has 0 unspecified atom stereocenters. The fourth-order valence-corrected chi connectivity index (χ4v) is 2.33. The number of hydrogen-bond donors (Lipinski definition) is 1. The third-order valence-corrected chi connectivity index (χ3v) is 3.07. The number of aryl methyl sites for hydroxylation is 1. The Balaban J connectivity index is 2.39. The summed E-state index contributed by atoms with van der Waals surface area (Å²) < 4.78 is 0. The Morgan fingerprint density at radius 3 is 2.92 bits per heavy atom. The minimum Gasteiger partial charge on any atom is -0.392 e. The smallest absolute Gasteiger partial charge is 0.0611 e. The van der Waals surface area contributed by atoms with Gasteiger partial charge >= 0.3 is 0 Å². The summed E-state index contributed by atoms with van der Waals surface area (Å²) in [6, 6.07) is 8.50. The van der Waals surface area contributed by atoms with Crippen LogP contribution in [0.2, 0.25) is 0 Å². The van der Waals surface area contributed by atoms with Gasteiger partial charge in [0.15, 0.2) is 0 Å². The zero-order chi connectivity index (χ0) is 9.26. The molecule has 0 radical (unpaired) electrons. The summed E-state index contributed by atoms with van der Waals surface area (Å²) in [5.41, 5.74) is 2.79. The Hall–Kier alpha value is -0.820. The van der Waals surface area contributed by atoms with Crippen LogP contribution in [-0.2, 0) is 6.42 Å². The lowest BCUT2D eigenvalue weighted by Gasteiger charge is -2.29. The van der Waals surface area contributed by atoms with Gasteiger partial charge in [0.05, 0.1) is 6.10 Å². The van der Waals surface area contributed by atoms with Crippen molar-refractivity contribution in [1.29, 1.82) is 0 Å². The molecule has 1 heteroatoms. The fraction of sp³-hybridized carbons (Fsp3) is 0.500. The van der Waals surface area contributed by atoms with E-state index in [0.717, 1.165) is 19.3 Å². The third-order valence-electron chi connectivity index (χ3n) is 3.07. The molecule has 0 amide bonds. The van der Waals surface area contributed by atoms with Gasteiger partial charge in [-0.05, 0) is 30.4 Å². The van der Waals surface area contributed by atoms with Crippen molar-refractivity contribution in [3.8, 4) is 0 Å². The van der Waals surface area contributed by atoms with E-state index in [2.05, 4.69) is 31.2 Å². The minimum absolute atomic E-state index is 0.125. The van der Waals surface area contributed by atoms with E-state index >= 15 is 0 Å². The van der Waals surface area contributed by atoms with E-state index < -0.39 is 0 Å². The van der Waals surface area contributed by atoms with Crippen LogP contribution in [-0.4, -0.2) is 11.2 Å². The molecule has 0 spiro atoms. The van der Waals surface area contributed by atoms with Crippen LogP contribution in [0, 0.1) is 0 Å². The Morgan fingerprint density at radius 1 is 1.38 bits per heavy atom. The molecule has 0 aliphatic heterocycles. The maximum atomic E-state index is 9.82. The van der Waals surface area contributed by atoms with E-state index in [-0.39, 0.29) is 6.10 Å². The van der Waals surface area contributed by atoms with E-state index in [1.54, 1.807) is 0 Å². The van der Waals surface area contributed by atoms with Gasteiger partial charge < -0.3 is 5.11 Å². The van der Waals surface area contributed by atoms with Crippen molar-refractivity contribution >= 4 is 0 Å². The van der Waals surface area contributed by atoms with Crippen LogP contribution in [0.25, 0.3) is 0 Å². The molecule has 1 aromatic carbocycles. The van der Waals surface area contributed by atoms with Crippen LogP contribution < -0.4 is 0 Å². The molecular weight excluding hydrogens is 160 g/mol. The maximum Gasteiger partial charge on any atom is 0.0611 e. The number of aliphatic hydroxyl groups excluding tert-OH is 1. The van der Waals surface area contributed by atoms with Crippen LogP contribution in [0.15, 0.2) is 24.3 Å². The van der Waals surface area contributed by atoms with Crippen LogP contribution in [0.5, 0.6) is 0 Å². The van der Waals surface area contributed by atoms with Gasteiger partial charge in [-0.2, -0.15) is 0 Å². The second-order valence-electron chi connectivity index (χ2n) is 3.82. The van der Waals surface area contributed by atoms with Crippen molar-refractivity contribution in [2.75, 3.05) is 0 Å². The Kier molecular flexibility index (Phi) is 2.36. The molecule has 70 valence electrons. The Bertz CT molecular complexity index is 293. The predicted molar refractivity (Wildman–Crippen MR) is 53.8 cm³/mol. The van der Waals surface area contributed by atoms with E-state index in [0.29, 0.717) is 5.92 Å². The number of fused-ring (bicyclic) bond motifs is 1. The molecule has 0 fully saturated rings. The normalized spacial score (nSPS) is 26.9. The SMILES string of the molecule is CC[C@H]1c2ccccc2CC[C@H]1O. The summed E-state index contributed by atoms with van der Waals surface area (Å²) in [5, 5.41) is 9.82. The quantitative estimate of drug-likeness (QED) is 0.697. The molecule has 0 bridgehead atoms. The van der Waals surface area contributed by atoms with E-state index in [1.807, 2.05) is 0 Å². The van der Waals surface area contributed by atoms with Crippen molar-refractivity contribution < 1.29 is 5.11 Å². The zero-order valence-corrected chi connectivity index (χ0v) is 8.03. The predicted octanol–water partition coefficient (Wildman–Crippen LogP) is 2.49. The highest BCUT2D eigenvalue weighted by atomic mass is 16.3. The highest BCUT2D eigenvalue weighted by Gasteiger charge is 2.25. The van der Waals surface area contributed by atoms with Gasteiger partial charge in [0.25, 0.3) is 0 Å². The van der Waals surface area contributed by atoms with Crippen molar-refractivity contribution in [3.05, 3.63) is 35.4 Å². The average molecular weight is 176 g/mol. The van der Waals surface area contributed by atoms with Gasteiger partial charge in [0.2, 0.25) is 0 Å². The van der Waals surface area contributed by atoms with Gasteiger partial charge in [-0.3, -0.25) is 0 Å². The number of benzene rings is 1. The minimum atomic E-state index is -0.125. The summed E-state index contributed by atoms with van der Waals surface area (Å²) >= 11 is 0. The first kappa shape index (κ1) is 8.76. The topological polar surface area (TPSA) is 20.2 Å². The van der Waals surface area contributed by atoms with Crippen LogP contribution in [0.4, 0.5) is 0 Å². The van der Waals surface area contributed by atoms with Gasteiger partial charge in [-0.15, -0.1) is 0 Å². The largest absolute Gasteiger partial charge is 0.392 e. The number of hydrogen-bond acceptors (Lipinski definition) is 1. The van der Waals surface area contributed by atoms with Gasteiger partial charge in [0, 0.05) is 5.92 Å². The summed E-state index contributed by atoms with van der Waals surface area (Å²) in [7, 11) is 0. The molecule has 1 nitrogen and oxygen atoms in total. The number of rotatable bonds is 1. The van der Waals surface area contributed by atoms with Crippen LogP contribution >= 0.6 is 0 Å². The second kappa shape index (κ2) is 3.51. The first-order valence-electron chi connectivity index (χ1n) is 5.08. The third kappa shape index (κ3) is 1.49. The van der Waals surface area contributed by atoms with Gasteiger partial charge in [-0.25, -0.2) is 0 Å². The number of aliphatic hydroxyl groups is 1. The summed E-state index contributed by atoms with van der Waals surface area (Å²) in [5.74, 6) is 0.366. The second-order valence-corrected chi connectivity index (χ2v) is 3.82. The lowest BCUT2D eigenvalue weighted by Crippen LogP contribution is -2.24. The standard InChI is InChI=1S/C12H16O/c1-2-10-11-6-4-3-5-9(11)7-8-12(10)13/h3-6,10,12-13H,2,7-8H2,1H3/t10-,12+/m0/s1. The lowest BCUT2D eigenvalue weighted by molar-refractivity contribution is 0.124. The zero-order valence-electron chi connectivity index (χ0n) is 8.03. The Morgan fingerprint density at radius 2 is 2.15 bits per heavy atom. The molecule has 1 aliphatic carbocycles. The molecular formula is C12H16O. The highest BCUT2D eigenvalue weighted by molar-refractivity contribution is 5.33. The van der Waals surface area contributed by atoms with E-state index in [9.17, 15) is 5.11 Å². The Labute approximate surface area is 79.4 Å². The fourth-order valence-electron chi connectivity index (χ4n) is 2.33. The molecule has 13 heavy (non-hydrogen) atoms. The molecule has 0 saturated carbocycles. The van der Waals surface area contributed by atoms with Crippen molar-refractivity contribution in [2.24, 2.45) is 0 Å². The average Bonchev–Trinajstić information content (AvgIpc) is 2.18. The molecule has 1 aromatic rings. The molecule has 2 atom stereocenters. The first-order valence-corrected chi connectivity index (χ1v) is 5.08. The van der Waals surface area contributed by atoms with Crippen molar-refractivity contribution in [2.45, 2.75) is 38.2 Å². The first-order chi connectivity index (χ1) is 6.33. The highest BCUT2D eigenvalue weighted by Crippen LogP contribution is 2.33. The van der Waals surface area contributed by atoms with E-state index in [4.69, 9.17) is 0 Å². The molecule has 1 N–H and O–H groups in total. The molecule has 0 saturated heterocycles. The lowest BCUT2D eigenvalue weighted by atomic mass is 9.79. The maximum absolute atomic E-state index is 9.82. The summed E-state index contributed by atoms with van der Waals surface area (Å²) in [4.78, 5) is 0. The van der Waals surface area contributed by atoms with Crippen LogP contribution in [0.3, 0.4) is 0 Å². The van der Waals surface area contributed by atoms with Gasteiger partial charge in [-0.1, -0.05) is 31.2 Å². The molecule has 1 aliphatic rings. The van der Waals surface area contributed by atoms with Crippen LogP contribution in [0.1, 0.15) is 36.8 Å². The monoisotopic (exact) mass is 176 g/mol. The van der Waals surface area contributed by atoms with Crippen molar-refractivity contribution in [3.63, 3.8) is 0 Å². The molecule has 2 rings (SSSR count). The molecule has 0 heterocycles. The van der Waals surface area contributed by atoms with Crippen molar-refractivity contribution in [1.82, 2.24) is 0 Å². The summed E-state index contributed by atoms with van der Waals surface area (Å²) in [6.45, 7) is 2.15. The van der Waals surface area contributed by atoms with E-state index in [1.165, 1.54) is 11.1 Å². The summed E-state index contributed by atoms with van der Waals surface area (Å²) in [6.07, 6.45) is 2.88. The van der Waals surface area contributed by atoms with Gasteiger partial charge in [0.1, 0.15) is 0 Å².